The van der Waals surface area contributed by atoms with Crippen molar-refractivity contribution in [3.63, 3.8) is 0 Å². The van der Waals surface area contributed by atoms with Gasteiger partial charge in [0.05, 0.1) is 49.6 Å². The standard InChI is InChI=1S/C39H65NO14/c1-11-28-29(50-19-30-37(48-9)38(49-10)34(46)24(6)51-30)16-20(2)12-13-26(42)21(3)17-25(14-15-41)36(22(4)27(43)18-31(44)53-28)54-39-35(47)32(40(7)8)33(45)23(5)52-39/h12-13,15-16,21-25,27-30,32-39,43,45-47H,11,14,17-19H2,1-10H3/b13-12-,20-16-/t21-,22-,23+,24+,25+,27-,28-,29-,30-,32-,33-,34-,35-,36-,37+,38+,39-/m0/s1. The van der Waals surface area contributed by atoms with Crippen molar-refractivity contribution in [1.29, 1.82) is 0 Å². The van der Waals surface area contributed by atoms with E-state index < -0.39 is 116 Å². The fourth-order valence-electron chi connectivity index (χ4n) is 7.75. The number of cyclic esters (lactones) is 1. The number of ketones is 1. The third-order valence-electron chi connectivity index (χ3n) is 11.1. The fraction of sp³-hybridized carbons (Fsp3) is 0.821. The van der Waals surface area contributed by atoms with Crippen molar-refractivity contribution in [2.24, 2.45) is 17.8 Å². The van der Waals surface area contributed by atoms with E-state index in [-0.39, 0.29) is 25.2 Å². The number of ether oxygens (including phenoxy) is 7. The Balaban J connectivity index is 1.96. The van der Waals surface area contributed by atoms with Gasteiger partial charge in [-0.15, -0.1) is 0 Å². The van der Waals surface area contributed by atoms with Gasteiger partial charge in [0.2, 0.25) is 0 Å². The Labute approximate surface area is 319 Å². The van der Waals surface area contributed by atoms with Gasteiger partial charge in [0, 0.05) is 32.5 Å². The highest BCUT2D eigenvalue weighted by atomic mass is 16.7. The minimum Gasteiger partial charge on any atom is -0.459 e. The van der Waals surface area contributed by atoms with Gasteiger partial charge in [-0.1, -0.05) is 32.4 Å². The van der Waals surface area contributed by atoms with Crippen molar-refractivity contribution in [3.8, 4) is 0 Å². The molecule has 0 bridgehead atoms. The maximum atomic E-state index is 13.5. The first-order valence-electron chi connectivity index (χ1n) is 19.0. The topological polar surface area (TPSA) is 200 Å². The summed E-state index contributed by atoms with van der Waals surface area (Å²) in [6, 6.07) is -0.741. The van der Waals surface area contributed by atoms with Crippen LogP contribution in [0.25, 0.3) is 0 Å². The molecule has 3 rings (SSSR count). The lowest BCUT2D eigenvalue weighted by Crippen LogP contribution is -2.63. The highest BCUT2D eigenvalue weighted by Gasteiger charge is 2.48. The quantitative estimate of drug-likeness (QED) is 0.173. The highest BCUT2D eigenvalue weighted by molar-refractivity contribution is 5.91. The number of methoxy groups -OCH3 is 2. The molecule has 3 aliphatic heterocycles. The van der Waals surface area contributed by atoms with Crippen molar-refractivity contribution in [1.82, 2.24) is 4.90 Å². The average molecular weight is 772 g/mol. The summed E-state index contributed by atoms with van der Waals surface area (Å²) in [5.74, 6) is -2.90. The lowest BCUT2D eigenvalue weighted by molar-refractivity contribution is -0.304. The van der Waals surface area contributed by atoms with E-state index in [0.29, 0.717) is 12.0 Å². The molecule has 0 saturated carbocycles. The van der Waals surface area contributed by atoms with Crippen LogP contribution < -0.4 is 0 Å². The molecule has 15 nitrogen and oxygen atoms in total. The van der Waals surface area contributed by atoms with E-state index in [1.807, 2.05) is 6.92 Å². The Hall–Kier alpha value is -2.15. The summed E-state index contributed by atoms with van der Waals surface area (Å²) in [6.45, 7) is 10.4. The summed E-state index contributed by atoms with van der Waals surface area (Å²) in [5, 5.41) is 44.2. The van der Waals surface area contributed by atoms with Crippen LogP contribution in [0.2, 0.25) is 0 Å². The summed E-state index contributed by atoms with van der Waals surface area (Å²) in [6.07, 6.45) is -6.00. The zero-order chi connectivity index (χ0) is 40.4. The van der Waals surface area contributed by atoms with E-state index in [1.165, 1.54) is 20.3 Å². The summed E-state index contributed by atoms with van der Waals surface area (Å²) in [7, 11) is 6.40. The molecule has 15 heteroatoms. The van der Waals surface area contributed by atoms with Crippen LogP contribution in [-0.4, -0.2) is 164 Å². The van der Waals surface area contributed by atoms with E-state index >= 15 is 0 Å². The molecule has 2 fully saturated rings. The molecule has 4 N–H and O–H groups in total. The Bertz CT molecular complexity index is 1260. The highest BCUT2D eigenvalue weighted by Crippen LogP contribution is 2.34. The SMILES string of the molecule is CC[C@@H]1OC(=O)C[C@H](O)[C@H](C)[C@H](O[C@@H]2O[C@H](C)[C@H](O)[C@H](N(C)C)[C@@H]2O)[C@H](CC=O)C[C@H](C)C(=O)/C=C\C(C)=C/[C@@H]1OC[C@@H]1O[C@H](C)[C@H](O)[C@@H](OC)[C@@H]1OC. The number of carbonyl (C=O) groups excluding carboxylic acids is 3. The van der Waals surface area contributed by atoms with Gasteiger partial charge < -0.3 is 63.3 Å². The smallest absolute Gasteiger partial charge is 0.308 e. The minimum atomic E-state index is -1.32. The number of rotatable bonds is 11. The molecular weight excluding hydrogens is 706 g/mol. The van der Waals surface area contributed by atoms with E-state index in [0.717, 1.165) is 6.29 Å². The summed E-state index contributed by atoms with van der Waals surface area (Å²) >= 11 is 0. The molecule has 0 aromatic heterocycles. The van der Waals surface area contributed by atoms with Crippen LogP contribution in [0.5, 0.6) is 0 Å². The van der Waals surface area contributed by atoms with Crippen LogP contribution in [0.4, 0.5) is 0 Å². The molecule has 54 heavy (non-hydrogen) atoms. The number of hydrogen-bond donors (Lipinski definition) is 4. The molecule has 0 radical (unpaired) electrons. The van der Waals surface area contributed by atoms with Gasteiger partial charge in [0.1, 0.15) is 49.0 Å². The fourth-order valence-corrected chi connectivity index (χ4v) is 7.75. The minimum absolute atomic E-state index is 0.00614. The van der Waals surface area contributed by atoms with Crippen LogP contribution in [-0.2, 0) is 47.5 Å². The van der Waals surface area contributed by atoms with Gasteiger partial charge in [0.25, 0.3) is 0 Å². The first-order chi connectivity index (χ1) is 25.5. The number of aliphatic hydroxyl groups is 4. The third-order valence-corrected chi connectivity index (χ3v) is 11.1. The van der Waals surface area contributed by atoms with Crippen LogP contribution in [0.3, 0.4) is 0 Å². The van der Waals surface area contributed by atoms with Gasteiger partial charge >= 0.3 is 5.97 Å². The molecule has 3 aliphatic rings. The van der Waals surface area contributed by atoms with Crippen LogP contribution in [0.15, 0.2) is 23.8 Å². The normalized spacial score (nSPS) is 43.6. The molecule has 2 saturated heterocycles. The molecule has 310 valence electrons. The molecule has 3 heterocycles. The molecule has 0 unspecified atom stereocenters. The van der Waals surface area contributed by atoms with Gasteiger partial charge in [-0.25, -0.2) is 0 Å². The van der Waals surface area contributed by atoms with E-state index in [4.69, 9.17) is 33.2 Å². The number of hydrogen-bond acceptors (Lipinski definition) is 15. The van der Waals surface area contributed by atoms with Crippen LogP contribution >= 0.6 is 0 Å². The number of aliphatic hydroxyl groups excluding tert-OH is 4. The molecule has 0 aromatic rings. The van der Waals surface area contributed by atoms with Crippen molar-refractivity contribution < 1.29 is 68.0 Å². The number of nitrogens with zero attached hydrogens (tertiary/aromatic N) is 1. The molecule has 17 atom stereocenters. The molecule has 0 aliphatic carbocycles. The van der Waals surface area contributed by atoms with Gasteiger partial charge in [-0.05, 0) is 65.8 Å². The second-order valence-electron chi connectivity index (χ2n) is 15.3. The molecule has 0 spiro atoms. The van der Waals surface area contributed by atoms with E-state index in [2.05, 4.69) is 0 Å². The molecular formula is C39H65NO14. The summed E-state index contributed by atoms with van der Waals surface area (Å²) in [5.41, 5.74) is 0.656. The Morgan fingerprint density at radius 1 is 0.889 bits per heavy atom. The zero-order valence-electron chi connectivity index (χ0n) is 33.5. The van der Waals surface area contributed by atoms with Crippen LogP contribution in [0, 0.1) is 17.8 Å². The number of aldehydes is 1. The first-order valence-corrected chi connectivity index (χ1v) is 19.0. The van der Waals surface area contributed by atoms with E-state index in [1.54, 1.807) is 65.8 Å². The summed E-state index contributed by atoms with van der Waals surface area (Å²) in [4.78, 5) is 40.7. The van der Waals surface area contributed by atoms with E-state index in [9.17, 15) is 34.8 Å². The van der Waals surface area contributed by atoms with Gasteiger partial charge in [-0.2, -0.15) is 0 Å². The molecule has 0 aromatic carbocycles. The number of esters is 1. The zero-order valence-corrected chi connectivity index (χ0v) is 33.5. The number of allylic oxidation sites excluding steroid dienone is 3. The molecule has 0 amide bonds. The third kappa shape index (κ3) is 11.7. The lowest BCUT2D eigenvalue weighted by atomic mass is 9.79. The monoisotopic (exact) mass is 771 g/mol. The maximum absolute atomic E-state index is 13.5. The predicted molar refractivity (Wildman–Crippen MR) is 196 cm³/mol. The summed E-state index contributed by atoms with van der Waals surface area (Å²) < 4.78 is 41.9. The first kappa shape index (κ1) is 46.2. The lowest BCUT2D eigenvalue weighted by Gasteiger charge is -2.46. The Morgan fingerprint density at radius 2 is 1.54 bits per heavy atom. The average Bonchev–Trinajstić information content (AvgIpc) is 3.12. The Morgan fingerprint density at radius 3 is 2.13 bits per heavy atom. The van der Waals surface area contributed by atoms with Crippen molar-refractivity contribution in [2.45, 2.75) is 153 Å². The van der Waals surface area contributed by atoms with Gasteiger partial charge in [0.15, 0.2) is 12.1 Å². The second-order valence-corrected chi connectivity index (χ2v) is 15.3. The van der Waals surface area contributed by atoms with Crippen molar-refractivity contribution >= 4 is 18.0 Å². The predicted octanol–water partition coefficient (Wildman–Crippen LogP) is 1.36. The van der Waals surface area contributed by atoms with Crippen molar-refractivity contribution in [3.05, 3.63) is 23.8 Å². The maximum Gasteiger partial charge on any atom is 0.308 e. The number of carbonyl (C=O) groups is 3. The van der Waals surface area contributed by atoms with Crippen molar-refractivity contribution in [2.75, 3.05) is 34.9 Å². The largest absolute Gasteiger partial charge is 0.459 e. The van der Waals surface area contributed by atoms with Gasteiger partial charge in [-0.3, -0.25) is 9.59 Å². The second kappa shape index (κ2) is 21.4. The number of likely N-dealkylation sites (N-methyl/N-ethyl adjacent to an activating group) is 1. The Kier molecular flexibility index (Phi) is 18.3. The van der Waals surface area contributed by atoms with Crippen LogP contribution in [0.1, 0.15) is 67.2 Å².